The van der Waals surface area contributed by atoms with Crippen molar-refractivity contribution in [3.63, 3.8) is 0 Å². The summed E-state index contributed by atoms with van der Waals surface area (Å²) >= 11 is 0. The predicted octanol–water partition coefficient (Wildman–Crippen LogP) is 3.71. The zero-order valence-electron chi connectivity index (χ0n) is 18.0. The third-order valence-electron chi connectivity index (χ3n) is 5.48. The number of carbonyl (C=O) groups excluding carboxylic acids is 3. The smallest absolute Gasteiger partial charge is 0.355 e. The van der Waals surface area contributed by atoms with Crippen molar-refractivity contribution >= 4 is 23.7 Å². The summed E-state index contributed by atoms with van der Waals surface area (Å²) in [6.45, 7) is 5.57. The quantitative estimate of drug-likeness (QED) is 0.379. The normalized spacial score (nSPS) is 13.5. The van der Waals surface area contributed by atoms with Gasteiger partial charge in [0.15, 0.2) is 5.78 Å². The molecule has 1 heterocycles. The largest absolute Gasteiger partial charge is 0.461 e. The van der Waals surface area contributed by atoms with Crippen LogP contribution in [-0.2, 0) is 16.6 Å². The second-order valence-corrected chi connectivity index (χ2v) is 7.58. The van der Waals surface area contributed by atoms with Crippen molar-refractivity contribution in [1.29, 1.82) is 0 Å². The lowest BCUT2D eigenvalue weighted by atomic mass is 10.0. The lowest BCUT2D eigenvalue weighted by Gasteiger charge is -2.20. The van der Waals surface area contributed by atoms with Crippen LogP contribution in [0.15, 0.2) is 36.4 Å². The molecule has 1 fully saturated rings. The van der Waals surface area contributed by atoms with E-state index in [2.05, 4.69) is 0 Å². The molecule has 6 heteroatoms. The molecule has 1 aliphatic carbocycles. The molecule has 2 aromatic rings. The highest BCUT2D eigenvalue weighted by molar-refractivity contribution is 6.05. The Morgan fingerprint density at radius 2 is 1.83 bits per heavy atom. The fraction of sp³-hybridized carbons (Fsp3) is 0.375. The molecular weight excluding hydrogens is 380 g/mol. The van der Waals surface area contributed by atoms with E-state index in [0.717, 1.165) is 18.4 Å². The molecule has 1 aromatic carbocycles. The van der Waals surface area contributed by atoms with Crippen molar-refractivity contribution in [3.8, 4) is 0 Å². The number of benzene rings is 1. The molecule has 0 N–H and O–H groups in total. The van der Waals surface area contributed by atoms with Gasteiger partial charge in [0.1, 0.15) is 5.69 Å². The summed E-state index contributed by atoms with van der Waals surface area (Å²) in [6, 6.07) is 9.68. The molecule has 0 saturated heterocycles. The molecule has 0 radical (unpaired) electrons. The Hall–Kier alpha value is -3.15. The summed E-state index contributed by atoms with van der Waals surface area (Å²) in [5.74, 6) is -0.781. The van der Waals surface area contributed by atoms with Crippen LogP contribution in [0.5, 0.6) is 0 Å². The average molecular weight is 408 g/mol. The molecule has 0 unspecified atom stereocenters. The Labute approximate surface area is 177 Å². The summed E-state index contributed by atoms with van der Waals surface area (Å²) in [6.07, 6.45) is 5.09. The first kappa shape index (κ1) is 21.6. The van der Waals surface area contributed by atoms with Gasteiger partial charge in [-0.15, -0.1) is 0 Å². The standard InChI is InChI=1S/C24H28N2O4/c1-5-30-24(29)23-16(2)22(17(3)25(23)4)20(27)15-26(19-12-13-19)21(28)14-11-18-9-7-6-8-10-18/h6-11,14,19H,5,12-13,15H2,1-4H3/b14-11+. The number of carbonyl (C=O) groups is 3. The zero-order chi connectivity index (χ0) is 21.8. The maximum absolute atomic E-state index is 13.2. The Kier molecular flexibility index (Phi) is 6.55. The van der Waals surface area contributed by atoms with Crippen LogP contribution in [0.1, 0.15) is 57.4 Å². The molecule has 1 amide bonds. The van der Waals surface area contributed by atoms with Gasteiger partial charge in [0, 0.05) is 30.4 Å². The van der Waals surface area contributed by atoms with E-state index in [1.807, 2.05) is 37.3 Å². The molecule has 1 aliphatic rings. The van der Waals surface area contributed by atoms with Crippen LogP contribution in [0.25, 0.3) is 6.08 Å². The fourth-order valence-electron chi connectivity index (χ4n) is 3.71. The van der Waals surface area contributed by atoms with Gasteiger partial charge in [0.05, 0.1) is 13.2 Å². The van der Waals surface area contributed by atoms with Crippen LogP contribution in [0.4, 0.5) is 0 Å². The summed E-state index contributed by atoms with van der Waals surface area (Å²) in [7, 11) is 1.75. The van der Waals surface area contributed by atoms with Crippen LogP contribution < -0.4 is 0 Å². The molecule has 6 nitrogen and oxygen atoms in total. The third-order valence-corrected chi connectivity index (χ3v) is 5.48. The van der Waals surface area contributed by atoms with Gasteiger partial charge in [0.25, 0.3) is 0 Å². The van der Waals surface area contributed by atoms with Gasteiger partial charge in [-0.05, 0) is 50.8 Å². The lowest BCUT2D eigenvalue weighted by molar-refractivity contribution is -0.126. The Morgan fingerprint density at radius 3 is 2.43 bits per heavy atom. The number of aromatic nitrogens is 1. The number of hydrogen-bond donors (Lipinski definition) is 0. The van der Waals surface area contributed by atoms with Crippen molar-refractivity contribution < 1.29 is 19.1 Å². The Bertz CT molecular complexity index is 984. The van der Waals surface area contributed by atoms with Crippen molar-refractivity contribution in [1.82, 2.24) is 9.47 Å². The van der Waals surface area contributed by atoms with Crippen LogP contribution in [-0.4, -0.2) is 46.3 Å². The number of nitrogens with zero attached hydrogens (tertiary/aromatic N) is 2. The van der Waals surface area contributed by atoms with E-state index in [9.17, 15) is 14.4 Å². The number of ether oxygens (including phenoxy) is 1. The highest BCUT2D eigenvalue weighted by Crippen LogP contribution is 2.29. The van der Waals surface area contributed by atoms with E-state index in [-0.39, 0.29) is 30.9 Å². The maximum atomic E-state index is 13.2. The van der Waals surface area contributed by atoms with E-state index in [1.165, 1.54) is 6.08 Å². The van der Waals surface area contributed by atoms with Crippen molar-refractivity contribution in [2.75, 3.05) is 13.2 Å². The predicted molar refractivity (Wildman–Crippen MR) is 115 cm³/mol. The number of hydrogen-bond acceptors (Lipinski definition) is 4. The monoisotopic (exact) mass is 408 g/mol. The van der Waals surface area contributed by atoms with E-state index < -0.39 is 5.97 Å². The van der Waals surface area contributed by atoms with Gasteiger partial charge < -0.3 is 14.2 Å². The van der Waals surface area contributed by atoms with Crippen LogP contribution in [0, 0.1) is 13.8 Å². The van der Waals surface area contributed by atoms with Gasteiger partial charge in [0.2, 0.25) is 5.91 Å². The molecule has 0 bridgehead atoms. The number of ketones is 1. The van der Waals surface area contributed by atoms with Gasteiger partial charge in [-0.1, -0.05) is 30.3 Å². The zero-order valence-corrected chi connectivity index (χ0v) is 18.0. The van der Waals surface area contributed by atoms with Crippen molar-refractivity contribution in [3.05, 3.63) is 64.5 Å². The molecule has 3 rings (SSSR count). The SMILES string of the molecule is CCOC(=O)c1c(C)c(C(=O)CN(C(=O)/C=C/c2ccccc2)C2CC2)c(C)n1C. The highest BCUT2D eigenvalue weighted by Gasteiger charge is 2.34. The minimum atomic E-state index is -0.444. The lowest BCUT2D eigenvalue weighted by Crippen LogP contribution is -2.36. The average Bonchev–Trinajstić information content (AvgIpc) is 3.53. The first-order valence-electron chi connectivity index (χ1n) is 10.2. The maximum Gasteiger partial charge on any atom is 0.355 e. The third kappa shape index (κ3) is 4.53. The second kappa shape index (κ2) is 9.11. The van der Waals surface area contributed by atoms with E-state index in [0.29, 0.717) is 22.5 Å². The number of esters is 1. The van der Waals surface area contributed by atoms with E-state index in [1.54, 1.807) is 36.4 Å². The molecule has 0 atom stereocenters. The van der Waals surface area contributed by atoms with Gasteiger partial charge in [-0.2, -0.15) is 0 Å². The molecule has 1 aromatic heterocycles. The highest BCUT2D eigenvalue weighted by atomic mass is 16.5. The number of rotatable bonds is 8. The van der Waals surface area contributed by atoms with E-state index >= 15 is 0 Å². The minimum absolute atomic E-state index is 0.00338. The second-order valence-electron chi connectivity index (χ2n) is 7.58. The first-order chi connectivity index (χ1) is 14.3. The van der Waals surface area contributed by atoms with Gasteiger partial charge >= 0.3 is 5.97 Å². The molecule has 0 aliphatic heterocycles. The summed E-state index contributed by atoms with van der Waals surface area (Å²) in [5, 5.41) is 0. The molecular formula is C24H28N2O4. The Morgan fingerprint density at radius 1 is 1.17 bits per heavy atom. The van der Waals surface area contributed by atoms with Crippen molar-refractivity contribution in [2.45, 2.75) is 39.7 Å². The number of amides is 1. The minimum Gasteiger partial charge on any atom is -0.461 e. The number of Topliss-reactive ketones (excluding diaryl/α,β-unsaturated/α-hetero) is 1. The van der Waals surface area contributed by atoms with E-state index in [4.69, 9.17) is 4.74 Å². The molecule has 158 valence electrons. The summed E-state index contributed by atoms with van der Waals surface area (Å²) in [4.78, 5) is 39.9. The van der Waals surface area contributed by atoms with Gasteiger partial charge in [-0.3, -0.25) is 9.59 Å². The first-order valence-corrected chi connectivity index (χ1v) is 10.2. The molecule has 0 spiro atoms. The van der Waals surface area contributed by atoms with Crippen LogP contribution in [0.2, 0.25) is 0 Å². The molecule has 30 heavy (non-hydrogen) atoms. The summed E-state index contributed by atoms with van der Waals surface area (Å²) in [5.41, 5.74) is 3.10. The van der Waals surface area contributed by atoms with Crippen molar-refractivity contribution in [2.24, 2.45) is 7.05 Å². The van der Waals surface area contributed by atoms with Crippen LogP contribution in [0.3, 0.4) is 0 Å². The fourth-order valence-corrected chi connectivity index (χ4v) is 3.71. The Balaban J connectivity index is 1.81. The van der Waals surface area contributed by atoms with Crippen LogP contribution >= 0.6 is 0 Å². The van der Waals surface area contributed by atoms with Gasteiger partial charge in [-0.25, -0.2) is 4.79 Å². The topological polar surface area (TPSA) is 68.6 Å². The summed E-state index contributed by atoms with van der Waals surface area (Å²) < 4.78 is 6.83. The molecule has 1 saturated carbocycles.